The van der Waals surface area contributed by atoms with Crippen LogP contribution in [-0.4, -0.2) is 42.3 Å². The number of aliphatic hydroxyl groups is 1. The Bertz CT molecular complexity index is 152. The zero-order valence-corrected chi connectivity index (χ0v) is 9.28. The Morgan fingerprint density at radius 2 is 2.36 bits per heavy atom. The Morgan fingerprint density at radius 3 is 3.00 bits per heavy atom. The molecule has 0 spiro atoms. The molecule has 3 nitrogen and oxygen atoms in total. The van der Waals surface area contributed by atoms with Crippen molar-refractivity contribution in [3.05, 3.63) is 0 Å². The summed E-state index contributed by atoms with van der Waals surface area (Å²) in [4.78, 5) is 2.46. The van der Waals surface area contributed by atoms with Crippen LogP contribution < -0.4 is 5.73 Å². The van der Waals surface area contributed by atoms with E-state index in [0.29, 0.717) is 6.54 Å². The van der Waals surface area contributed by atoms with Crippen molar-refractivity contribution in [3.8, 4) is 0 Å². The zero-order chi connectivity index (χ0) is 10.4. The van der Waals surface area contributed by atoms with E-state index in [1.165, 1.54) is 32.4 Å². The highest BCUT2D eigenvalue weighted by Crippen LogP contribution is 2.20. The van der Waals surface area contributed by atoms with Gasteiger partial charge in [-0.15, -0.1) is 0 Å². The largest absolute Gasteiger partial charge is 0.392 e. The summed E-state index contributed by atoms with van der Waals surface area (Å²) >= 11 is 0. The smallest absolute Gasteiger partial charge is 0.0674 e. The average molecular weight is 200 g/mol. The van der Waals surface area contributed by atoms with Gasteiger partial charge in [0.25, 0.3) is 0 Å². The fourth-order valence-electron chi connectivity index (χ4n) is 2.21. The molecule has 1 saturated heterocycles. The van der Waals surface area contributed by atoms with Crippen molar-refractivity contribution >= 4 is 0 Å². The Morgan fingerprint density at radius 1 is 1.57 bits per heavy atom. The SMILES string of the molecule is CCCC1CCN(CCC(O)CN)C1. The first kappa shape index (κ1) is 12.0. The van der Waals surface area contributed by atoms with Crippen molar-refractivity contribution in [1.29, 1.82) is 0 Å². The van der Waals surface area contributed by atoms with E-state index in [4.69, 9.17) is 5.73 Å². The second-order valence-corrected chi connectivity index (χ2v) is 4.42. The number of nitrogens with two attached hydrogens (primary N) is 1. The van der Waals surface area contributed by atoms with Crippen molar-refractivity contribution < 1.29 is 5.11 Å². The molecule has 1 heterocycles. The van der Waals surface area contributed by atoms with E-state index < -0.39 is 0 Å². The summed E-state index contributed by atoms with van der Waals surface area (Å²) in [6, 6.07) is 0. The highest BCUT2D eigenvalue weighted by Gasteiger charge is 2.21. The first-order valence-electron chi connectivity index (χ1n) is 5.86. The summed E-state index contributed by atoms with van der Waals surface area (Å²) in [5.41, 5.74) is 5.36. The third-order valence-electron chi connectivity index (χ3n) is 3.12. The Labute approximate surface area is 87.3 Å². The van der Waals surface area contributed by atoms with Gasteiger partial charge in [0.05, 0.1) is 6.10 Å². The fourth-order valence-corrected chi connectivity index (χ4v) is 2.21. The quantitative estimate of drug-likeness (QED) is 0.667. The third kappa shape index (κ3) is 3.95. The molecule has 1 aliphatic rings. The molecule has 0 aromatic rings. The van der Waals surface area contributed by atoms with E-state index in [2.05, 4.69) is 11.8 Å². The molecule has 3 N–H and O–H groups in total. The maximum atomic E-state index is 9.34. The van der Waals surface area contributed by atoms with E-state index in [0.717, 1.165) is 18.9 Å². The molecule has 0 bridgehead atoms. The topological polar surface area (TPSA) is 49.5 Å². The lowest BCUT2D eigenvalue weighted by Crippen LogP contribution is -2.28. The second-order valence-electron chi connectivity index (χ2n) is 4.42. The second kappa shape index (κ2) is 6.38. The summed E-state index contributed by atoms with van der Waals surface area (Å²) in [6.07, 6.45) is 4.52. The van der Waals surface area contributed by atoms with Crippen LogP contribution in [0.1, 0.15) is 32.6 Å². The molecule has 0 amide bonds. The van der Waals surface area contributed by atoms with E-state index in [9.17, 15) is 5.11 Å². The van der Waals surface area contributed by atoms with E-state index >= 15 is 0 Å². The average Bonchev–Trinajstić information content (AvgIpc) is 2.63. The number of aliphatic hydroxyl groups excluding tert-OH is 1. The van der Waals surface area contributed by atoms with Crippen LogP contribution in [0.15, 0.2) is 0 Å². The molecule has 14 heavy (non-hydrogen) atoms. The Kier molecular flexibility index (Phi) is 5.45. The van der Waals surface area contributed by atoms with Crippen LogP contribution in [0.4, 0.5) is 0 Å². The van der Waals surface area contributed by atoms with E-state index in [1.807, 2.05) is 0 Å². The molecular weight excluding hydrogens is 176 g/mol. The minimum atomic E-state index is -0.305. The summed E-state index contributed by atoms with van der Waals surface area (Å²) in [7, 11) is 0. The van der Waals surface area contributed by atoms with Gasteiger partial charge in [-0.05, 0) is 31.7 Å². The van der Waals surface area contributed by atoms with Gasteiger partial charge < -0.3 is 15.7 Å². The number of hydrogen-bond donors (Lipinski definition) is 2. The molecule has 0 aromatic heterocycles. The minimum absolute atomic E-state index is 0.305. The summed E-state index contributed by atoms with van der Waals surface area (Å²) in [5.74, 6) is 0.898. The van der Waals surface area contributed by atoms with Gasteiger partial charge in [-0.3, -0.25) is 0 Å². The van der Waals surface area contributed by atoms with E-state index in [1.54, 1.807) is 0 Å². The normalized spacial score (nSPS) is 25.5. The number of likely N-dealkylation sites (tertiary alicyclic amines) is 1. The highest BCUT2D eigenvalue weighted by molar-refractivity contribution is 4.75. The molecule has 2 atom stereocenters. The van der Waals surface area contributed by atoms with Crippen molar-refractivity contribution in [2.75, 3.05) is 26.2 Å². The molecule has 0 aliphatic carbocycles. The summed E-state index contributed by atoms with van der Waals surface area (Å²) < 4.78 is 0. The first-order valence-corrected chi connectivity index (χ1v) is 5.86. The van der Waals surface area contributed by atoms with Gasteiger partial charge in [-0.25, -0.2) is 0 Å². The molecule has 84 valence electrons. The number of rotatable bonds is 6. The molecule has 3 heteroatoms. The van der Waals surface area contributed by atoms with E-state index in [-0.39, 0.29) is 6.10 Å². The standard InChI is InChI=1S/C11H24N2O/c1-2-3-10-4-6-13(9-10)7-5-11(14)8-12/h10-11,14H,2-9,12H2,1H3. The maximum absolute atomic E-state index is 9.34. The lowest BCUT2D eigenvalue weighted by molar-refractivity contribution is 0.153. The molecule has 1 aliphatic heterocycles. The zero-order valence-electron chi connectivity index (χ0n) is 9.28. The van der Waals surface area contributed by atoms with Gasteiger partial charge in [0.2, 0.25) is 0 Å². The lowest BCUT2D eigenvalue weighted by Gasteiger charge is -2.17. The molecule has 1 fully saturated rings. The van der Waals surface area contributed by atoms with Crippen molar-refractivity contribution in [2.24, 2.45) is 11.7 Å². The van der Waals surface area contributed by atoms with Crippen LogP contribution in [0.3, 0.4) is 0 Å². The van der Waals surface area contributed by atoms with Crippen LogP contribution in [0.25, 0.3) is 0 Å². The lowest BCUT2D eigenvalue weighted by atomic mass is 10.0. The molecule has 2 unspecified atom stereocenters. The first-order chi connectivity index (χ1) is 6.76. The predicted octanol–water partition coefficient (Wildman–Crippen LogP) is 0.818. The summed E-state index contributed by atoms with van der Waals surface area (Å²) in [6.45, 7) is 6.10. The fraction of sp³-hybridized carbons (Fsp3) is 1.00. The van der Waals surface area contributed by atoms with Gasteiger partial charge in [0.1, 0.15) is 0 Å². The number of hydrogen-bond acceptors (Lipinski definition) is 3. The molecule has 1 rings (SSSR count). The van der Waals surface area contributed by atoms with Gasteiger partial charge in [0.15, 0.2) is 0 Å². The Balaban J connectivity index is 2.09. The van der Waals surface area contributed by atoms with Gasteiger partial charge in [0, 0.05) is 19.6 Å². The molecule has 0 saturated carbocycles. The Hall–Kier alpha value is -0.120. The van der Waals surface area contributed by atoms with Gasteiger partial charge >= 0.3 is 0 Å². The highest BCUT2D eigenvalue weighted by atomic mass is 16.3. The van der Waals surface area contributed by atoms with Gasteiger partial charge in [-0.1, -0.05) is 13.3 Å². The maximum Gasteiger partial charge on any atom is 0.0674 e. The van der Waals surface area contributed by atoms with Gasteiger partial charge in [-0.2, -0.15) is 0 Å². The van der Waals surface area contributed by atoms with Crippen LogP contribution in [0.5, 0.6) is 0 Å². The van der Waals surface area contributed by atoms with Crippen molar-refractivity contribution in [3.63, 3.8) is 0 Å². The predicted molar refractivity (Wildman–Crippen MR) is 59.1 cm³/mol. The monoisotopic (exact) mass is 200 g/mol. The van der Waals surface area contributed by atoms with Crippen LogP contribution in [-0.2, 0) is 0 Å². The minimum Gasteiger partial charge on any atom is -0.392 e. The molecular formula is C11H24N2O. The third-order valence-corrected chi connectivity index (χ3v) is 3.12. The van der Waals surface area contributed by atoms with Crippen LogP contribution in [0, 0.1) is 5.92 Å². The summed E-state index contributed by atoms with van der Waals surface area (Å²) in [5, 5.41) is 9.34. The molecule has 0 radical (unpaired) electrons. The molecule has 0 aromatic carbocycles. The van der Waals surface area contributed by atoms with Crippen molar-refractivity contribution in [1.82, 2.24) is 4.90 Å². The van der Waals surface area contributed by atoms with Crippen LogP contribution in [0.2, 0.25) is 0 Å². The van der Waals surface area contributed by atoms with Crippen molar-refractivity contribution in [2.45, 2.75) is 38.7 Å². The number of nitrogens with zero attached hydrogens (tertiary/aromatic N) is 1. The van der Waals surface area contributed by atoms with Crippen LogP contribution >= 0.6 is 0 Å².